The summed E-state index contributed by atoms with van der Waals surface area (Å²) in [6, 6.07) is 14.5. The van der Waals surface area contributed by atoms with Gasteiger partial charge in [0.25, 0.3) is 5.91 Å². The van der Waals surface area contributed by atoms with Crippen LogP contribution in [0.1, 0.15) is 15.9 Å². The summed E-state index contributed by atoms with van der Waals surface area (Å²) in [7, 11) is 0. The monoisotopic (exact) mass is 391 g/mol. The highest BCUT2D eigenvalue weighted by Gasteiger charge is 2.15. The van der Waals surface area contributed by atoms with E-state index in [1.165, 1.54) is 0 Å². The highest BCUT2D eigenvalue weighted by Crippen LogP contribution is 2.35. The number of fused-ring (bicyclic) bond motifs is 2. The van der Waals surface area contributed by atoms with Crippen molar-refractivity contribution >= 4 is 17.4 Å². The van der Waals surface area contributed by atoms with E-state index in [1.807, 2.05) is 36.4 Å². The summed E-state index contributed by atoms with van der Waals surface area (Å²) in [5, 5.41) is 6.08. The van der Waals surface area contributed by atoms with Crippen LogP contribution < -0.4 is 29.6 Å². The number of rotatable bonds is 5. The van der Waals surface area contributed by atoms with Gasteiger partial charge in [0.1, 0.15) is 5.82 Å². The molecule has 2 aromatic carbocycles. The van der Waals surface area contributed by atoms with Crippen molar-refractivity contribution in [2.45, 2.75) is 6.54 Å². The third-order valence-electron chi connectivity index (χ3n) is 4.56. The topological polar surface area (TPSA) is 90.9 Å². The molecule has 146 valence electrons. The maximum absolute atomic E-state index is 12.6. The third-order valence-corrected chi connectivity index (χ3v) is 4.56. The molecule has 2 aliphatic heterocycles. The first kappa shape index (κ1) is 17.2. The SMILES string of the molecule is O=C(NCc1ccc2c(c1)OCO2)c1ccnc(Nc2ccc3c(c2)OCO3)c1. The van der Waals surface area contributed by atoms with Crippen LogP contribution in [-0.2, 0) is 6.54 Å². The van der Waals surface area contributed by atoms with E-state index in [9.17, 15) is 4.79 Å². The Hall–Kier alpha value is -3.94. The number of anilines is 2. The van der Waals surface area contributed by atoms with E-state index in [2.05, 4.69) is 15.6 Å². The van der Waals surface area contributed by atoms with Gasteiger partial charge in [0.15, 0.2) is 23.0 Å². The van der Waals surface area contributed by atoms with Crippen LogP contribution in [0.5, 0.6) is 23.0 Å². The fourth-order valence-corrected chi connectivity index (χ4v) is 3.10. The van der Waals surface area contributed by atoms with Crippen molar-refractivity contribution in [3.8, 4) is 23.0 Å². The molecule has 0 spiro atoms. The van der Waals surface area contributed by atoms with Crippen LogP contribution >= 0.6 is 0 Å². The van der Waals surface area contributed by atoms with E-state index >= 15 is 0 Å². The minimum Gasteiger partial charge on any atom is -0.454 e. The first-order valence-electron chi connectivity index (χ1n) is 9.04. The van der Waals surface area contributed by atoms with Crippen LogP contribution in [-0.4, -0.2) is 24.5 Å². The molecular formula is C21H17N3O5. The zero-order chi connectivity index (χ0) is 19.6. The predicted molar refractivity (Wildman–Crippen MR) is 104 cm³/mol. The Balaban J connectivity index is 1.25. The number of nitrogens with one attached hydrogen (secondary N) is 2. The Morgan fingerprint density at radius 1 is 0.862 bits per heavy atom. The van der Waals surface area contributed by atoms with Gasteiger partial charge in [0.05, 0.1) is 0 Å². The van der Waals surface area contributed by atoms with Gasteiger partial charge in [0, 0.05) is 30.1 Å². The van der Waals surface area contributed by atoms with E-state index in [1.54, 1.807) is 18.3 Å². The lowest BCUT2D eigenvalue weighted by Crippen LogP contribution is -2.22. The van der Waals surface area contributed by atoms with Crippen molar-refractivity contribution in [3.05, 3.63) is 65.9 Å². The highest BCUT2D eigenvalue weighted by atomic mass is 16.7. The minimum absolute atomic E-state index is 0.196. The van der Waals surface area contributed by atoms with Crippen LogP contribution in [0, 0.1) is 0 Å². The quantitative estimate of drug-likeness (QED) is 0.690. The van der Waals surface area contributed by atoms with Crippen LogP contribution in [0.2, 0.25) is 0 Å². The maximum atomic E-state index is 12.6. The lowest BCUT2D eigenvalue weighted by molar-refractivity contribution is 0.0950. The van der Waals surface area contributed by atoms with Crippen molar-refractivity contribution in [1.82, 2.24) is 10.3 Å². The number of benzene rings is 2. The number of carbonyl (C=O) groups excluding carboxylic acids is 1. The molecule has 1 amide bonds. The van der Waals surface area contributed by atoms with Gasteiger partial charge < -0.3 is 29.6 Å². The lowest BCUT2D eigenvalue weighted by atomic mass is 10.2. The fourth-order valence-electron chi connectivity index (χ4n) is 3.10. The zero-order valence-corrected chi connectivity index (χ0v) is 15.3. The normalized spacial score (nSPS) is 13.2. The second-order valence-corrected chi connectivity index (χ2v) is 6.49. The van der Waals surface area contributed by atoms with Crippen molar-refractivity contribution < 1.29 is 23.7 Å². The first-order valence-corrected chi connectivity index (χ1v) is 9.04. The minimum atomic E-state index is -0.196. The molecule has 3 aromatic rings. The van der Waals surface area contributed by atoms with E-state index in [-0.39, 0.29) is 19.5 Å². The molecule has 2 aliphatic rings. The smallest absolute Gasteiger partial charge is 0.251 e. The number of hydrogen-bond donors (Lipinski definition) is 2. The summed E-state index contributed by atoms with van der Waals surface area (Å²) in [5.74, 6) is 3.15. The van der Waals surface area contributed by atoms with Crippen molar-refractivity contribution in [2.75, 3.05) is 18.9 Å². The van der Waals surface area contributed by atoms with Gasteiger partial charge in [0.2, 0.25) is 13.6 Å². The Kier molecular flexibility index (Phi) is 4.28. The molecule has 0 saturated heterocycles. The van der Waals surface area contributed by atoms with Crippen LogP contribution in [0.15, 0.2) is 54.7 Å². The number of aromatic nitrogens is 1. The second-order valence-electron chi connectivity index (χ2n) is 6.49. The molecule has 0 radical (unpaired) electrons. The zero-order valence-electron chi connectivity index (χ0n) is 15.3. The van der Waals surface area contributed by atoms with Crippen molar-refractivity contribution in [2.24, 2.45) is 0 Å². The van der Waals surface area contributed by atoms with E-state index in [0.29, 0.717) is 40.9 Å². The molecule has 8 heteroatoms. The average molecular weight is 391 g/mol. The number of hydrogen-bond acceptors (Lipinski definition) is 7. The molecule has 29 heavy (non-hydrogen) atoms. The van der Waals surface area contributed by atoms with E-state index in [0.717, 1.165) is 11.3 Å². The largest absolute Gasteiger partial charge is 0.454 e. The van der Waals surface area contributed by atoms with Gasteiger partial charge in [-0.15, -0.1) is 0 Å². The van der Waals surface area contributed by atoms with Crippen molar-refractivity contribution in [3.63, 3.8) is 0 Å². The summed E-state index contributed by atoms with van der Waals surface area (Å²) < 4.78 is 21.3. The number of pyridine rings is 1. The summed E-state index contributed by atoms with van der Waals surface area (Å²) >= 11 is 0. The Morgan fingerprint density at radius 3 is 2.41 bits per heavy atom. The van der Waals surface area contributed by atoms with Gasteiger partial charge in [-0.1, -0.05) is 6.07 Å². The predicted octanol–water partition coefficient (Wildman–Crippen LogP) is 3.21. The number of ether oxygens (including phenoxy) is 4. The summed E-state index contributed by atoms with van der Waals surface area (Å²) in [6.07, 6.45) is 1.59. The highest BCUT2D eigenvalue weighted by molar-refractivity contribution is 5.94. The van der Waals surface area contributed by atoms with Gasteiger partial charge in [-0.3, -0.25) is 4.79 Å². The average Bonchev–Trinajstić information content (AvgIpc) is 3.40. The molecule has 0 aliphatic carbocycles. The van der Waals surface area contributed by atoms with E-state index < -0.39 is 0 Å². The first-order chi connectivity index (χ1) is 14.2. The maximum Gasteiger partial charge on any atom is 0.251 e. The number of nitrogens with zero attached hydrogens (tertiary/aromatic N) is 1. The van der Waals surface area contributed by atoms with Crippen LogP contribution in [0.3, 0.4) is 0 Å². The summed E-state index contributed by atoms with van der Waals surface area (Å²) in [5.41, 5.74) is 2.22. The molecule has 3 heterocycles. The second kappa shape index (κ2) is 7.23. The fraction of sp³-hybridized carbons (Fsp3) is 0.143. The Morgan fingerprint density at radius 2 is 1.59 bits per heavy atom. The summed E-state index contributed by atoms with van der Waals surface area (Å²) in [6.45, 7) is 0.820. The van der Waals surface area contributed by atoms with Crippen LogP contribution in [0.25, 0.3) is 0 Å². The van der Waals surface area contributed by atoms with Crippen molar-refractivity contribution in [1.29, 1.82) is 0 Å². The van der Waals surface area contributed by atoms with Gasteiger partial charge >= 0.3 is 0 Å². The standard InChI is InChI=1S/C21H17N3O5/c25-21(23-10-13-1-3-16-18(7-13)28-11-26-16)14-5-6-22-20(8-14)24-15-2-4-17-19(9-15)29-12-27-17/h1-9H,10-12H2,(H,22,24)(H,23,25). The van der Waals surface area contributed by atoms with Crippen LogP contribution in [0.4, 0.5) is 11.5 Å². The molecular weight excluding hydrogens is 374 g/mol. The molecule has 0 unspecified atom stereocenters. The molecule has 5 rings (SSSR count). The molecule has 0 bridgehead atoms. The Bertz CT molecular complexity index is 1090. The third kappa shape index (κ3) is 3.60. The molecule has 2 N–H and O–H groups in total. The molecule has 8 nitrogen and oxygen atoms in total. The number of amides is 1. The molecule has 1 aromatic heterocycles. The molecule has 0 fully saturated rings. The molecule has 0 saturated carbocycles. The van der Waals surface area contributed by atoms with Gasteiger partial charge in [-0.05, 0) is 42.0 Å². The van der Waals surface area contributed by atoms with E-state index in [4.69, 9.17) is 18.9 Å². The summed E-state index contributed by atoms with van der Waals surface area (Å²) in [4.78, 5) is 16.8. The lowest BCUT2D eigenvalue weighted by Gasteiger charge is -2.09. The van der Waals surface area contributed by atoms with Gasteiger partial charge in [-0.25, -0.2) is 4.98 Å². The Labute approximate surface area is 166 Å². The molecule has 0 atom stereocenters. The number of carbonyl (C=O) groups is 1. The van der Waals surface area contributed by atoms with Gasteiger partial charge in [-0.2, -0.15) is 0 Å².